The first kappa shape index (κ1) is 25.8. The van der Waals surface area contributed by atoms with E-state index in [0.29, 0.717) is 21.4 Å². The number of alkyl halides is 6. The Morgan fingerprint density at radius 2 is 1.71 bits per heavy atom. The fraction of sp³-hybridized carbons (Fsp3) is 0.250. The van der Waals surface area contributed by atoms with Crippen LogP contribution in [0.5, 0.6) is 0 Å². The predicted molar refractivity (Wildman–Crippen MR) is 122 cm³/mol. The zero-order valence-electron chi connectivity index (χ0n) is 18.9. The third-order valence-electron chi connectivity index (χ3n) is 6.22. The van der Waals surface area contributed by atoms with Crippen LogP contribution < -0.4 is 4.90 Å². The maximum atomic E-state index is 13.5. The predicted octanol–water partition coefficient (Wildman–Crippen LogP) is 5.43. The van der Waals surface area contributed by atoms with Gasteiger partial charge in [0.2, 0.25) is 0 Å². The van der Waals surface area contributed by atoms with Crippen LogP contribution in [0.2, 0.25) is 0 Å². The number of nitrogens with zero attached hydrogens (tertiary/aromatic N) is 3. The van der Waals surface area contributed by atoms with E-state index in [9.17, 15) is 40.7 Å². The summed E-state index contributed by atoms with van der Waals surface area (Å²) in [6, 6.07) is 11.9. The second-order valence-electron chi connectivity index (χ2n) is 8.56. The highest BCUT2D eigenvalue weighted by Gasteiger charge is 2.75. The monoisotopic (exact) mass is 555 g/mol. The molecular weight excluding hydrogens is 540 g/mol. The van der Waals surface area contributed by atoms with Crippen LogP contribution >= 0.6 is 11.8 Å². The molecule has 7 nitrogen and oxygen atoms in total. The molecule has 3 aromatic rings. The molecule has 2 aliphatic rings. The Morgan fingerprint density at radius 3 is 2.37 bits per heavy atom. The number of hydrogen-bond acceptors (Lipinski definition) is 6. The first-order valence-corrected chi connectivity index (χ1v) is 11.8. The molecule has 1 saturated carbocycles. The van der Waals surface area contributed by atoms with E-state index in [4.69, 9.17) is 0 Å². The first-order chi connectivity index (χ1) is 17.8. The summed E-state index contributed by atoms with van der Waals surface area (Å²) in [6.45, 7) is -0.230. The Kier molecular flexibility index (Phi) is 6.04. The molecule has 2 heterocycles. The number of para-hydroxylation sites is 1. The number of carbonyl (C=O) groups is 3. The molecule has 198 valence electrons. The summed E-state index contributed by atoms with van der Waals surface area (Å²) in [6.07, 6.45) is -5.78. The Bertz CT molecular complexity index is 1440. The molecule has 1 saturated heterocycles. The third-order valence-corrected chi connectivity index (χ3v) is 6.96. The SMILES string of the molecule is O=C1N(c2ccc(SC(F)(F)F)cc2)C(=O)C2(CC2OC(=O)C(F)(F)F)N1Cc1ccnc2ccccc12. The van der Waals surface area contributed by atoms with Gasteiger partial charge in [-0.15, -0.1) is 0 Å². The number of pyridine rings is 1. The van der Waals surface area contributed by atoms with E-state index in [2.05, 4.69) is 9.72 Å². The highest BCUT2D eigenvalue weighted by molar-refractivity contribution is 8.00. The van der Waals surface area contributed by atoms with Crippen molar-refractivity contribution in [3.8, 4) is 0 Å². The van der Waals surface area contributed by atoms with Crippen LogP contribution in [0.15, 0.2) is 65.7 Å². The normalized spacial score (nSPS) is 21.5. The van der Waals surface area contributed by atoms with E-state index in [1.807, 2.05) is 0 Å². The van der Waals surface area contributed by atoms with E-state index >= 15 is 0 Å². The molecule has 2 atom stereocenters. The standard InChI is InChI=1S/C24H15F6N3O4S/c25-23(26,27)20(35)37-18-11-22(18)19(34)33(14-5-7-15(8-6-14)38-24(28,29)30)21(36)32(22)12-13-9-10-31-17-4-2-1-3-16(13)17/h1-10,18H,11-12H2. The quantitative estimate of drug-likeness (QED) is 0.181. The second-order valence-corrected chi connectivity index (χ2v) is 9.70. The highest BCUT2D eigenvalue weighted by atomic mass is 32.2. The van der Waals surface area contributed by atoms with Gasteiger partial charge in [0.1, 0.15) is 6.10 Å². The minimum absolute atomic E-state index is 0.0826. The molecule has 14 heteroatoms. The molecule has 1 aliphatic carbocycles. The van der Waals surface area contributed by atoms with Crippen molar-refractivity contribution in [1.29, 1.82) is 0 Å². The van der Waals surface area contributed by atoms with Gasteiger partial charge in [0.05, 0.1) is 11.2 Å². The van der Waals surface area contributed by atoms with Gasteiger partial charge < -0.3 is 9.64 Å². The molecule has 2 fully saturated rings. The molecule has 3 amide bonds. The minimum Gasteiger partial charge on any atom is -0.453 e. The molecule has 2 aromatic carbocycles. The number of imide groups is 1. The maximum Gasteiger partial charge on any atom is 0.490 e. The number of urea groups is 1. The molecular formula is C24H15F6N3O4S. The summed E-state index contributed by atoms with van der Waals surface area (Å²) in [4.78, 5) is 44.3. The number of carbonyl (C=O) groups excluding carboxylic acids is 3. The lowest BCUT2D eigenvalue weighted by molar-refractivity contribution is -0.202. The average Bonchev–Trinajstić information content (AvgIpc) is 3.51. The van der Waals surface area contributed by atoms with Crippen LogP contribution in [0.3, 0.4) is 0 Å². The van der Waals surface area contributed by atoms with Gasteiger partial charge in [-0.1, -0.05) is 18.2 Å². The Labute approximate surface area is 214 Å². The average molecular weight is 555 g/mol. The van der Waals surface area contributed by atoms with E-state index in [-0.39, 0.29) is 23.5 Å². The summed E-state index contributed by atoms with van der Waals surface area (Å²) in [7, 11) is 0. The smallest absolute Gasteiger partial charge is 0.453 e. The molecule has 0 bridgehead atoms. The number of benzene rings is 2. The van der Waals surface area contributed by atoms with Crippen molar-refractivity contribution in [2.75, 3.05) is 4.90 Å². The molecule has 2 unspecified atom stereocenters. The number of hydrogen-bond donors (Lipinski definition) is 0. The Morgan fingerprint density at radius 1 is 1.03 bits per heavy atom. The molecule has 0 radical (unpaired) electrons. The largest absolute Gasteiger partial charge is 0.490 e. The van der Waals surface area contributed by atoms with Gasteiger partial charge in [0.25, 0.3) is 5.91 Å². The fourth-order valence-electron chi connectivity index (χ4n) is 4.45. The van der Waals surface area contributed by atoms with Crippen LogP contribution in [0, 0.1) is 0 Å². The lowest BCUT2D eigenvalue weighted by Gasteiger charge is -2.23. The number of thioether (sulfide) groups is 1. The van der Waals surface area contributed by atoms with Crippen LogP contribution in [0.25, 0.3) is 10.9 Å². The Hall–Kier alpha value is -3.81. The number of esters is 1. The number of anilines is 1. The number of halogens is 6. The third kappa shape index (κ3) is 4.52. The number of fused-ring (bicyclic) bond motifs is 1. The summed E-state index contributed by atoms with van der Waals surface area (Å²) in [5, 5.41) is 0.627. The lowest BCUT2D eigenvalue weighted by atomic mass is 10.1. The lowest BCUT2D eigenvalue weighted by Crippen LogP contribution is -2.41. The first-order valence-electron chi connectivity index (χ1n) is 10.9. The van der Waals surface area contributed by atoms with E-state index in [0.717, 1.165) is 29.2 Å². The van der Waals surface area contributed by atoms with E-state index in [1.54, 1.807) is 30.3 Å². The van der Waals surface area contributed by atoms with Gasteiger partial charge in [-0.3, -0.25) is 9.78 Å². The van der Waals surface area contributed by atoms with Gasteiger partial charge in [-0.05, 0) is 53.7 Å². The summed E-state index contributed by atoms with van der Waals surface area (Å²) >= 11 is -0.390. The van der Waals surface area contributed by atoms with Crippen molar-refractivity contribution in [3.63, 3.8) is 0 Å². The number of aromatic nitrogens is 1. The van der Waals surface area contributed by atoms with Gasteiger partial charge in [0.15, 0.2) is 5.54 Å². The van der Waals surface area contributed by atoms with Crippen LogP contribution in [-0.4, -0.2) is 51.1 Å². The Balaban J connectivity index is 1.50. The van der Waals surface area contributed by atoms with Crippen LogP contribution in [-0.2, 0) is 20.9 Å². The van der Waals surface area contributed by atoms with Crippen molar-refractivity contribution >= 4 is 46.3 Å². The summed E-state index contributed by atoms with van der Waals surface area (Å²) < 4.78 is 81.2. The molecule has 38 heavy (non-hydrogen) atoms. The molecule has 0 N–H and O–H groups in total. The van der Waals surface area contributed by atoms with Gasteiger partial charge in [-0.2, -0.15) is 26.3 Å². The molecule has 1 spiro atoms. The van der Waals surface area contributed by atoms with Gasteiger partial charge in [-0.25, -0.2) is 14.5 Å². The molecule has 1 aromatic heterocycles. The highest BCUT2D eigenvalue weighted by Crippen LogP contribution is 2.52. The van der Waals surface area contributed by atoms with E-state index < -0.39 is 53.0 Å². The van der Waals surface area contributed by atoms with Crippen molar-refractivity contribution < 1.29 is 45.5 Å². The van der Waals surface area contributed by atoms with Crippen molar-refractivity contribution in [1.82, 2.24) is 9.88 Å². The summed E-state index contributed by atoms with van der Waals surface area (Å²) in [5.74, 6) is -3.45. The second kappa shape index (κ2) is 8.89. The fourth-order valence-corrected chi connectivity index (χ4v) is 4.99. The summed E-state index contributed by atoms with van der Waals surface area (Å²) in [5.41, 5.74) is -5.44. The molecule has 1 aliphatic heterocycles. The zero-order valence-corrected chi connectivity index (χ0v) is 19.7. The number of ether oxygens (including phenoxy) is 1. The zero-order chi connectivity index (χ0) is 27.5. The van der Waals surface area contributed by atoms with Crippen LogP contribution in [0.4, 0.5) is 36.8 Å². The van der Waals surface area contributed by atoms with E-state index in [1.165, 1.54) is 6.20 Å². The number of amides is 3. The van der Waals surface area contributed by atoms with Crippen molar-refractivity contribution in [2.24, 2.45) is 0 Å². The topological polar surface area (TPSA) is 79.8 Å². The number of rotatable bonds is 5. The maximum absolute atomic E-state index is 13.5. The van der Waals surface area contributed by atoms with Crippen molar-refractivity contribution in [3.05, 3.63) is 66.4 Å². The van der Waals surface area contributed by atoms with Crippen LogP contribution in [0.1, 0.15) is 12.0 Å². The van der Waals surface area contributed by atoms with Crippen molar-refractivity contribution in [2.45, 2.75) is 41.2 Å². The minimum atomic E-state index is -5.31. The molecule has 5 rings (SSSR count). The van der Waals surface area contributed by atoms with Gasteiger partial charge >= 0.3 is 23.7 Å². The van der Waals surface area contributed by atoms with Gasteiger partial charge in [0, 0.05) is 29.4 Å².